The number of hydrogen-bond donors (Lipinski definition) is 3. The smallest absolute Gasteiger partial charge is 0.243 e. The first-order valence-electron chi connectivity index (χ1n) is 8.56. The summed E-state index contributed by atoms with van der Waals surface area (Å²) in [6, 6.07) is 16.2. The van der Waals surface area contributed by atoms with Crippen LogP contribution in [0.2, 0.25) is 0 Å². The number of para-hydroxylation sites is 2. The standard InChI is InChI=1S/C20H25N3O3.ClH/c1-14(2)19(21)20(25)22-12-18(24)23-17-11-7-6-8-15(17)13-26-16-9-4-3-5-10-16;/h3-11,14,19H,12-13,21H2,1-2H3,(H,22,25)(H,23,24);1H/t19-;/m0./s1. The fourth-order valence-electron chi connectivity index (χ4n) is 2.23. The molecule has 2 rings (SSSR count). The van der Waals surface area contributed by atoms with Crippen LogP contribution in [-0.4, -0.2) is 24.4 Å². The molecule has 4 N–H and O–H groups in total. The van der Waals surface area contributed by atoms with Gasteiger partial charge in [0.1, 0.15) is 12.4 Å². The average molecular weight is 392 g/mol. The molecule has 2 aromatic rings. The SMILES string of the molecule is CC(C)[C@H](N)C(=O)NCC(=O)Nc1ccccc1COc1ccccc1.Cl. The third kappa shape index (κ3) is 7.29. The highest BCUT2D eigenvalue weighted by Crippen LogP contribution is 2.18. The Balaban J connectivity index is 0.00000364. The van der Waals surface area contributed by atoms with Crippen molar-refractivity contribution in [3.05, 3.63) is 60.2 Å². The highest BCUT2D eigenvalue weighted by molar-refractivity contribution is 5.95. The molecule has 0 heterocycles. The average Bonchev–Trinajstić information content (AvgIpc) is 2.65. The van der Waals surface area contributed by atoms with Crippen LogP contribution in [0.3, 0.4) is 0 Å². The summed E-state index contributed by atoms with van der Waals surface area (Å²) < 4.78 is 5.73. The van der Waals surface area contributed by atoms with Crippen LogP contribution in [0.1, 0.15) is 19.4 Å². The maximum absolute atomic E-state index is 12.1. The zero-order chi connectivity index (χ0) is 18.9. The van der Waals surface area contributed by atoms with Crippen LogP contribution in [0.25, 0.3) is 0 Å². The fraction of sp³-hybridized carbons (Fsp3) is 0.300. The number of nitrogens with two attached hydrogens (primary N) is 1. The molecule has 2 amide bonds. The van der Waals surface area contributed by atoms with Gasteiger partial charge in [-0.1, -0.05) is 50.2 Å². The number of hydrogen-bond acceptors (Lipinski definition) is 4. The van der Waals surface area contributed by atoms with Gasteiger partial charge >= 0.3 is 0 Å². The first-order valence-corrected chi connectivity index (χ1v) is 8.56. The number of carbonyl (C=O) groups excluding carboxylic acids is 2. The van der Waals surface area contributed by atoms with Gasteiger partial charge in [0.2, 0.25) is 11.8 Å². The molecule has 0 aromatic heterocycles. The molecular formula is C20H26ClN3O3. The summed E-state index contributed by atoms with van der Waals surface area (Å²) in [5.41, 5.74) is 7.25. The number of benzene rings is 2. The van der Waals surface area contributed by atoms with E-state index >= 15 is 0 Å². The van der Waals surface area contributed by atoms with Crippen LogP contribution in [-0.2, 0) is 16.2 Å². The Morgan fingerprint density at radius 3 is 2.33 bits per heavy atom. The first kappa shape index (κ1) is 22.5. The van der Waals surface area contributed by atoms with Crippen molar-refractivity contribution in [2.24, 2.45) is 11.7 Å². The monoisotopic (exact) mass is 391 g/mol. The van der Waals surface area contributed by atoms with E-state index in [1.165, 1.54) is 0 Å². The third-order valence-corrected chi connectivity index (χ3v) is 3.87. The Kier molecular flexibility index (Phi) is 9.33. The van der Waals surface area contributed by atoms with Crippen molar-refractivity contribution in [2.75, 3.05) is 11.9 Å². The molecule has 0 aliphatic rings. The van der Waals surface area contributed by atoms with Crippen LogP contribution in [0.15, 0.2) is 54.6 Å². The van der Waals surface area contributed by atoms with Gasteiger partial charge in [0.25, 0.3) is 0 Å². The van der Waals surface area contributed by atoms with Gasteiger partial charge in [0.05, 0.1) is 12.6 Å². The van der Waals surface area contributed by atoms with E-state index in [-0.39, 0.29) is 36.7 Å². The van der Waals surface area contributed by atoms with E-state index in [4.69, 9.17) is 10.5 Å². The van der Waals surface area contributed by atoms with E-state index in [9.17, 15) is 9.59 Å². The van der Waals surface area contributed by atoms with Gasteiger partial charge in [-0.3, -0.25) is 9.59 Å². The second kappa shape index (κ2) is 11.2. The van der Waals surface area contributed by atoms with Crippen LogP contribution in [0, 0.1) is 5.92 Å². The number of ether oxygens (including phenoxy) is 1. The van der Waals surface area contributed by atoms with Crippen LogP contribution >= 0.6 is 12.4 Å². The Hall–Kier alpha value is -2.57. The zero-order valence-corrected chi connectivity index (χ0v) is 16.3. The Labute approximate surface area is 165 Å². The van der Waals surface area contributed by atoms with Gasteiger partial charge in [-0.05, 0) is 24.1 Å². The van der Waals surface area contributed by atoms with Crippen LogP contribution < -0.4 is 21.1 Å². The number of halogens is 1. The zero-order valence-electron chi connectivity index (χ0n) is 15.5. The minimum Gasteiger partial charge on any atom is -0.489 e. The van der Waals surface area contributed by atoms with Gasteiger partial charge in [-0.15, -0.1) is 12.4 Å². The third-order valence-electron chi connectivity index (χ3n) is 3.87. The van der Waals surface area contributed by atoms with Gasteiger partial charge < -0.3 is 21.1 Å². The highest BCUT2D eigenvalue weighted by Gasteiger charge is 2.17. The summed E-state index contributed by atoms with van der Waals surface area (Å²) in [6.45, 7) is 3.90. The molecule has 0 radical (unpaired) electrons. The molecule has 6 nitrogen and oxygen atoms in total. The molecule has 146 valence electrons. The molecule has 7 heteroatoms. The minimum atomic E-state index is -0.630. The van der Waals surface area contributed by atoms with E-state index in [0.29, 0.717) is 12.3 Å². The highest BCUT2D eigenvalue weighted by atomic mass is 35.5. The predicted octanol–water partition coefficient (Wildman–Crippen LogP) is 2.73. The molecule has 0 saturated carbocycles. The maximum Gasteiger partial charge on any atom is 0.243 e. The van der Waals surface area contributed by atoms with Crippen LogP contribution in [0.5, 0.6) is 5.75 Å². The van der Waals surface area contributed by atoms with E-state index in [1.807, 2.05) is 62.4 Å². The van der Waals surface area contributed by atoms with E-state index in [1.54, 1.807) is 6.07 Å². The van der Waals surface area contributed by atoms with Gasteiger partial charge in [-0.25, -0.2) is 0 Å². The van der Waals surface area contributed by atoms with E-state index < -0.39 is 6.04 Å². The van der Waals surface area contributed by atoms with E-state index in [0.717, 1.165) is 11.3 Å². The lowest BCUT2D eigenvalue weighted by Crippen LogP contribution is -2.46. The molecule has 0 aliphatic heterocycles. The van der Waals surface area contributed by atoms with Crippen molar-refractivity contribution in [1.82, 2.24) is 5.32 Å². The summed E-state index contributed by atoms with van der Waals surface area (Å²) >= 11 is 0. The number of carbonyl (C=O) groups is 2. The summed E-state index contributed by atoms with van der Waals surface area (Å²) in [4.78, 5) is 24.0. The largest absolute Gasteiger partial charge is 0.489 e. The number of anilines is 1. The molecule has 0 unspecified atom stereocenters. The Morgan fingerprint density at radius 2 is 1.67 bits per heavy atom. The normalized spacial score (nSPS) is 11.3. The molecule has 27 heavy (non-hydrogen) atoms. The summed E-state index contributed by atoms with van der Waals surface area (Å²) in [7, 11) is 0. The molecular weight excluding hydrogens is 366 g/mol. The van der Waals surface area contributed by atoms with E-state index in [2.05, 4.69) is 10.6 Å². The Morgan fingerprint density at radius 1 is 1.04 bits per heavy atom. The number of amides is 2. The lowest BCUT2D eigenvalue weighted by molar-refractivity contribution is -0.125. The second-order valence-electron chi connectivity index (χ2n) is 6.29. The number of rotatable bonds is 8. The molecule has 0 aliphatic carbocycles. The van der Waals surface area contributed by atoms with Gasteiger partial charge in [0.15, 0.2) is 0 Å². The summed E-state index contributed by atoms with van der Waals surface area (Å²) in [5.74, 6) is 0.106. The molecule has 2 aromatic carbocycles. The summed E-state index contributed by atoms with van der Waals surface area (Å²) in [5, 5.41) is 5.35. The van der Waals surface area contributed by atoms with Crippen molar-refractivity contribution < 1.29 is 14.3 Å². The fourth-order valence-corrected chi connectivity index (χ4v) is 2.23. The quantitative estimate of drug-likeness (QED) is 0.645. The molecule has 0 spiro atoms. The van der Waals surface area contributed by atoms with Crippen molar-refractivity contribution >= 4 is 29.9 Å². The maximum atomic E-state index is 12.1. The van der Waals surface area contributed by atoms with Crippen molar-refractivity contribution in [1.29, 1.82) is 0 Å². The van der Waals surface area contributed by atoms with Crippen molar-refractivity contribution in [2.45, 2.75) is 26.5 Å². The minimum absolute atomic E-state index is 0. The van der Waals surface area contributed by atoms with Crippen molar-refractivity contribution in [3.8, 4) is 5.75 Å². The molecule has 0 fully saturated rings. The second-order valence-corrected chi connectivity index (χ2v) is 6.29. The summed E-state index contributed by atoms with van der Waals surface area (Å²) in [6.07, 6.45) is 0. The van der Waals surface area contributed by atoms with Crippen LogP contribution in [0.4, 0.5) is 5.69 Å². The topological polar surface area (TPSA) is 93.5 Å². The molecule has 0 saturated heterocycles. The first-order chi connectivity index (χ1) is 12.5. The number of nitrogens with one attached hydrogen (secondary N) is 2. The predicted molar refractivity (Wildman–Crippen MR) is 109 cm³/mol. The lowest BCUT2D eigenvalue weighted by Gasteiger charge is -2.16. The lowest BCUT2D eigenvalue weighted by atomic mass is 10.1. The molecule has 1 atom stereocenters. The van der Waals surface area contributed by atoms with Crippen molar-refractivity contribution in [3.63, 3.8) is 0 Å². The molecule has 0 bridgehead atoms. The van der Waals surface area contributed by atoms with Gasteiger partial charge in [0, 0.05) is 11.3 Å². The van der Waals surface area contributed by atoms with Gasteiger partial charge in [-0.2, -0.15) is 0 Å². The Bertz CT molecular complexity index is 738.